The van der Waals surface area contributed by atoms with Crippen LogP contribution in [0.3, 0.4) is 0 Å². The maximum Gasteiger partial charge on any atom is 0.255 e. The van der Waals surface area contributed by atoms with Gasteiger partial charge in [0.1, 0.15) is 11.5 Å². The summed E-state index contributed by atoms with van der Waals surface area (Å²) in [5, 5.41) is 5.85. The second-order valence-corrected chi connectivity index (χ2v) is 9.95. The van der Waals surface area contributed by atoms with Crippen molar-refractivity contribution in [3.05, 3.63) is 169 Å². The second kappa shape index (κ2) is 12.7. The predicted octanol–water partition coefficient (Wildman–Crippen LogP) is 9.32. The molecule has 208 valence electrons. The molecule has 6 aromatic rings. The van der Waals surface area contributed by atoms with E-state index in [2.05, 4.69) is 10.6 Å². The van der Waals surface area contributed by atoms with Gasteiger partial charge in [0.2, 0.25) is 0 Å². The highest BCUT2D eigenvalue weighted by molar-refractivity contribution is 6.05. The zero-order chi connectivity index (χ0) is 29.4. The lowest BCUT2D eigenvalue weighted by Gasteiger charge is -2.10. The first kappa shape index (κ1) is 27.2. The van der Waals surface area contributed by atoms with Gasteiger partial charge in [-0.1, -0.05) is 84.9 Å². The van der Waals surface area contributed by atoms with Crippen molar-refractivity contribution in [2.75, 3.05) is 10.6 Å². The summed E-state index contributed by atoms with van der Waals surface area (Å²) in [5.41, 5.74) is 6.82. The third-order valence-corrected chi connectivity index (χ3v) is 6.97. The first-order chi connectivity index (χ1) is 21.1. The molecule has 0 saturated carbocycles. The van der Waals surface area contributed by atoms with Gasteiger partial charge in [-0.15, -0.1) is 0 Å². The molecule has 0 spiro atoms. The van der Waals surface area contributed by atoms with Crippen molar-refractivity contribution in [1.29, 1.82) is 0 Å². The molecule has 5 heteroatoms. The van der Waals surface area contributed by atoms with Crippen molar-refractivity contribution in [2.24, 2.45) is 0 Å². The fourth-order valence-corrected chi connectivity index (χ4v) is 4.64. The summed E-state index contributed by atoms with van der Waals surface area (Å²) in [5.74, 6) is 0.886. The molecule has 0 fully saturated rings. The van der Waals surface area contributed by atoms with Gasteiger partial charge >= 0.3 is 0 Å². The minimum absolute atomic E-state index is 0.182. The SMILES string of the molecule is O=C(Nc1ccc(Oc2ccc(NC(=O)c3ccc(-c4ccccc4)cc3)cc2)cc1)c1ccc(-c2ccccc2)cc1. The molecule has 0 saturated heterocycles. The van der Waals surface area contributed by atoms with E-state index in [0.29, 0.717) is 34.0 Å². The van der Waals surface area contributed by atoms with Crippen molar-refractivity contribution < 1.29 is 14.3 Å². The lowest BCUT2D eigenvalue weighted by Crippen LogP contribution is -2.11. The van der Waals surface area contributed by atoms with Crippen molar-refractivity contribution in [3.8, 4) is 33.8 Å². The average molecular weight is 561 g/mol. The van der Waals surface area contributed by atoms with Crippen molar-refractivity contribution >= 4 is 23.2 Å². The zero-order valence-corrected chi connectivity index (χ0v) is 23.2. The van der Waals surface area contributed by atoms with E-state index in [0.717, 1.165) is 22.3 Å². The third kappa shape index (κ3) is 6.87. The fourth-order valence-electron chi connectivity index (χ4n) is 4.64. The molecule has 0 aliphatic rings. The highest BCUT2D eigenvalue weighted by Crippen LogP contribution is 2.26. The lowest BCUT2D eigenvalue weighted by molar-refractivity contribution is 0.101. The number of carbonyl (C=O) groups excluding carboxylic acids is 2. The molecule has 6 rings (SSSR count). The minimum atomic E-state index is -0.182. The summed E-state index contributed by atoms with van der Waals surface area (Å²) in [6.07, 6.45) is 0. The van der Waals surface area contributed by atoms with Crippen molar-refractivity contribution in [1.82, 2.24) is 0 Å². The number of hydrogen-bond donors (Lipinski definition) is 2. The highest BCUT2D eigenvalue weighted by Gasteiger charge is 2.09. The number of anilines is 2. The molecular weight excluding hydrogens is 532 g/mol. The summed E-state index contributed by atoms with van der Waals surface area (Å²) in [4.78, 5) is 25.5. The normalized spacial score (nSPS) is 10.5. The minimum Gasteiger partial charge on any atom is -0.457 e. The maximum absolute atomic E-state index is 12.7. The third-order valence-electron chi connectivity index (χ3n) is 6.97. The molecule has 0 heterocycles. The Bertz CT molecular complexity index is 1680. The molecule has 0 radical (unpaired) electrons. The van der Waals surface area contributed by atoms with Crippen molar-refractivity contribution in [2.45, 2.75) is 0 Å². The molecule has 0 atom stereocenters. The number of carbonyl (C=O) groups is 2. The monoisotopic (exact) mass is 560 g/mol. The van der Waals surface area contributed by atoms with Gasteiger partial charge in [-0.05, 0) is 95.1 Å². The van der Waals surface area contributed by atoms with Crippen LogP contribution < -0.4 is 15.4 Å². The summed E-state index contributed by atoms with van der Waals surface area (Å²) >= 11 is 0. The van der Waals surface area contributed by atoms with Gasteiger partial charge in [-0.3, -0.25) is 9.59 Å². The Morgan fingerprint density at radius 1 is 0.372 bits per heavy atom. The van der Waals surface area contributed by atoms with Crippen LogP contribution in [0.5, 0.6) is 11.5 Å². The van der Waals surface area contributed by atoms with E-state index < -0.39 is 0 Å². The predicted molar refractivity (Wildman–Crippen MR) is 173 cm³/mol. The van der Waals surface area contributed by atoms with E-state index in [4.69, 9.17) is 4.74 Å². The van der Waals surface area contributed by atoms with E-state index in [1.165, 1.54) is 0 Å². The van der Waals surface area contributed by atoms with Crippen LogP contribution >= 0.6 is 0 Å². The number of rotatable bonds is 8. The molecule has 2 N–H and O–H groups in total. The highest BCUT2D eigenvalue weighted by atomic mass is 16.5. The van der Waals surface area contributed by atoms with Crippen molar-refractivity contribution in [3.63, 3.8) is 0 Å². The van der Waals surface area contributed by atoms with Gasteiger partial charge in [0.05, 0.1) is 0 Å². The van der Waals surface area contributed by atoms with E-state index in [1.807, 2.05) is 109 Å². The standard InChI is InChI=1S/C38H28N2O3/c41-37(31-15-11-29(12-16-31)27-7-3-1-4-8-27)39-33-19-23-35(24-20-33)43-36-25-21-34(22-26-36)40-38(42)32-17-13-30(14-18-32)28-9-5-2-6-10-28/h1-26H,(H,39,41)(H,40,42). The van der Waals surface area contributed by atoms with Crippen LogP contribution in [0.4, 0.5) is 11.4 Å². The van der Waals surface area contributed by atoms with Crippen LogP contribution in [0, 0.1) is 0 Å². The van der Waals surface area contributed by atoms with Crippen LogP contribution in [-0.4, -0.2) is 11.8 Å². The topological polar surface area (TPSA) is 67.4 Å². The first-order valence-corrected chi connectivity index (χ1v) is 13.9. The number of nitrogens with one attached hydrogen (secondary N) is 2. The molecule has 0 bridgehead atoms. The Hall–Kier alpha value is -5.94. The lowest BCUT2D eigenvalue weighted by atomic mass is 10.0. The second-order valence-electron chi connectivity index (χ2n) is 9.95. The Kier molecular flexibility index (Phi) is 8.05. The molecule has 0 aromatic heterocycles. The van der Waals surface area contributed by atoms with Gasteiger partial charge in [0.25, 0.3) is 11.8 Å². The first-order valence-electron chi connectivity index (χ1n) is 13.9. The Morgan fingerprint density at radius 3 is 1.05 bits per heavy atom. The Morgan fingerprint density at radius 2 is 0.698 bits per heavy atom. The summed E-state index contributed by atoms with van der Waals surface area (Å²) in [6.45, 7) is 0. The average Bonchev–Trinajstić information content (AvgIpc) is 3.07. The molecule has 6 aromatic carbocycles. The summed E-state index contributed by atoms with van der Waals surface area (Å²) in [7, 11) is 0. The van der Waals surface area contributed by atoms with Gasteiger partial charge in [0, 0.05) is 22.5 Å². The van der Waals surface area contributed by atoms with Gasteiger partial charge in [-0.2, -0.15) is 0 Å². The molecule has 43 heavy (non-hydrogen) atoms. The van der Waals surface area contributed by atoms with Crippen LogP contribution in [0.2, 0.25) is 0 Å². The van der Waals surface area contributed by atoms with E-state index in [1.54, 1.807) is 48.5 Å². The number of benzene rings is 6. The van der Waals surface area contributed by atoms with Gasteiger partial charge < -0.3 is 15.4 Å². The molecule has 0 unspecified atom stereocenters. The number of hydrogen-bond acceptors (Lipinski definition) is 3. The van der Waals surface area contributed by atoms with Crippen LogP contribution in [0.25, 0.3) is 22.3 Å². The molecular formula is C38H28N2O3. The van der Waals surface area contributed by atoms with E-state index in [9.17, 15) is 9.59 Å². The Balaban J connectivity index is 1.01. The van der Waals surface area contributed by atoms with E-state index >= 15 is 0 Å². The summed E-state index contributed by atoms with van der Waals surface area (Å²) < 4.78 is 5.95. The van der Waals surface area contributed by atoms with E-state index in [-0.39, 0.29) is 11.8 Å². The quantitative estimate of drug-likeness (QED) is 0.195. The largest absolute Gasteiger partial charge is 0.457 e. The zero-order valence-electron chi connectivity index (χ0n) is 23.2. The van der Waals surface area contributed by atoms with Crippen LogP contribution in [-0.2, 0) is 0 Å². The van der Waals surface area contributed by atoms with Crippen LogP contribution in [0.1, 0.15) is 20.7 Å². The number of amides is 2. The number of ether oxygens (including phenoxy) is 1. The molecule has 0 aliphatic carbocycles. The summed E-state index contributed by atoms with van der Waals surface area (Å²) in [6, 6.07) is 49.5. The Labute approximate surface area is 250 Å². The van der Waals surface area contributed by atoms with Crippen LogP contribution in [0.15, 0.2) is 158 Å². The smallest absolute Gasteiger partial charge is 0.255 e. The fraction of sp³-hybridized carbons (Fsp3) is 0. The molecule has 5 nitrogen and oxygen atoms in total. The molecule has 2 amide bonds. The maximum atomic E-state index is 12.7. The van der Waals surface area contributed by atoms with Gasteiger partial charge in [-0.25, -0.2) is 0 Å². The molecule has 0 aliphatic heterocycles. The van der Waals surface area contributed by atoms with Gasteiger partial charge in [0.15, 0.2) is 0 Å².